The molecule has 1 aliphatic carbocycles. The highest BCUT2D eigenvalue weighted by Crippen LogP contribution is 2.59. The lowest BCUT2D eigenvalue weighted by Crippen LogP contribution is -2.13. The SMILES string of the molecule is CC1(C)C(/C=C/CC=O)C1C(=O)OCc1c(F)c(F)cc(F)c1F. The molecule has 0 radical (unpaired) electrons. The van der Waals surface area contributed by atoms with Gasteiger partial charge in [-0.25, -0.2) is 17.6 Å². The highest BCUT2D eigenvalue weighted by molar-refractivity contribution is 5.78. The fraction of sp³-hybridized carbons (Fsp3) is 0.412. The topological polar surface area (TPSA) is 43.4 Å². The highest BCUT2D eigenvalue weighted by atomic mass is 19.2. The lowest BCUT2D eigenvalue weighted by molar-refractivity contribution is -0.147. The first-order valence-electron chi connectivity index (χ1n) is 7.30. The number of carbonyl (C=O) groups is 2. The van der Waals surface area contributed by atoms with E-state index in [1.54, 1.807) is 26.0 Å². The molecule has 2 atom stereocenters. The Balaban J connectivity index is 2.06. The summed E-state index contributed by atoms with van der Waals surface area (Å²) < 4.78 is 58.1. The maximum Gasteiger partial charge on any atom is 0.310 e. The van der Waals surface area contributed by atoms with Crippen LogP contribution in [0.25, 0.3) is 0 Å². The molecule has 0 aromatic heterocycles. The first kappa shape index (κ1) is 18.2. The summed E-state index contributed by atoms with van der Waals surface area (Å²) in [6, 6.07) is 0.0911. The van der Waals surface area contributed by atoms with Crippen molar-refractivity contribution in [3.63, 3.8) is 0 Å². The van der Waals surface area contributed by atoms with Crippen LogP contribution >= 0.6 is 0 Å². The van der Waals surface area contributed by atoms with Gasteiger partial charge in [0.15, 0.2) is 23.3 Å². The molecule has 2 rings (SSSR count). The van der Waals surface area contributed by atoms with E-state index in [2.05, 4.69) is 0 Å². The van der Waals surface area contributed by atoms with Crippen molar-refractivity contribution >= 4 is 12.3 Å². The van der Waals surface area contributed by atoms with Crippen LogP contribution in [0.5, 0.6) is 0 Å². The molecule has 0 heterocycles. The molecule has 0 amide bonds. The van der Waals surface area contributed by atoms with Crippen molar-refractivity contribution in [2.24, 2.45) is 17.3 Å². The van der Waals surface area contributed by atoms with Crippen LogP contribution < -0.4 is 0 Å². The van der Waals surface area contributed by atoms with Crippen LogP contribution in [-0.4, -0.2) is 12.3 Å². The van der Waals surface area contributed by atoms with Crippen molar-refractivity contribution < 1.29 is 31.9 Å². The van der Waals surface area contributed by atoms with E-state index in [0.29, 0.717) is 6.29 Å². The van der Waals surface area contributed by atoms with Crippen molar-refractivity contribution in [2.75, 3.05) is 0 Å². The fourth-order valence-electron chi connectivity index (χ4n) is 2.75. The largest absolute Gasteiger partial charge is 0.460 e. The average molecular weight is 344 g/mol. The zero-order valence-corrected chi connectivity index (χ0v) is 13.1. The van der Waals surface area contributed by atoms with E-state index in [0.717, 1.165) is 0 Å². The van der Waals surface area contributed by atoms with Crippen LogP contribution in [0.1, 0.15) is 25.8 Å². The van der Waals surface area contributed by atoms with E-state index in [1.807, 2.05) is 0 Å². The summed E-state index contributed by atoms with van der Waals surface area (Å²) in [5.74, 6) is -7.72. The molecule has 7 heteroatoms. The van der Waals surface area contributed by atoms with E-state index in [4.69, 9.17) is 4.74 Å². The minimum Gasteiger partial charge on any atom is -0.460 e. The van der Waals surface area contributed by atoms with E-state index in [9.17, 15) is 27.2 Å². The average Bonchev–Trinajstić information content (AvgIpc) is 3.06. The van der Waals surface area contributed by atoms with E-state index >= 15 is 0 Å². The number of halogens is 4. The number of hydrogen-bond donors (Lipinski definition) is 0. The first-order chi connectivity index (χ1) is 11.2. The normalized spacial score (nSPS) is 21.8. The molecule has 2 unspecified atom stereocenters. The smallest absolute Gasteiger partial charge is 0.310 e. The lowest BCUT2D eigenvalue weighted by atomic mass is 10.1. The van der Waals surface area contributed by atoms with Crippen molar-refractivity contribution in [2.45, 2.75) is 26.9 Å². The second-order valence-corrected chi connectivity index (χ2v) is 6.21. The third-order valence-corrected chi connectivity index (χ3v) is 4.30. The van der Waals surface area contributed by atoms with Gasteiger partial charge in [-0.05, 0) is 11.3 Å². The maximum absolute atomic E-state index is 13.5. The van der Waals surface area contributed by atoms with Gasteiger partial charge in [-0.15, -0.1) is 0 Å². The molecular weight excluding hydrogens is 328 g/mol. The molecule has 0 aliphatic heterocycles. The molecule has 1 aliphatic rings. The lowest BCUT2D eigenvalue weighted by Gasteiger charge is -2.09. The fourth-order valence-corrected chi connectivity index (χ4v) is 2.75. The van der Waals surface area contributed by atoms with Crippen molar-refractivity contribution in [1.82, 2.24) is 0 Å². The van der Waals surface area contributed by atoms with E-state index < -0.39 is 52.7 Å². The molecule has 1 aromatic carbocycles. The van der Waals surface area contributed by atoms with Crippen LogP contribution in [0.2, 0.25) is 0 Å². The molecule has 130 valence electrons. The first-order valence-corrected chi connectivity index (χ1v) is 7.30. The molecule has 0 spiro atoms. The number of carbonyl (C=O) groups excluding carboxylic acids is 2. The summed E-state index contributed by atoms with van der Waals surface area (Å²) >= 11 is 0. The second kappa shape index (κ2) is 6.75. The van der Waals surface area contributed by atoms with Gasteiger partial charge in [0.2, 0.25) is 0 Å². The molecule has 0 saturated heterocycles. The van der Waals surface area contributed by atoms with Crippen LogP contribution in [0.15, 0.2) is 18.2 Å². The maximum atomic E-state index is 13.5. The monoisotopic (exact) mass is 344 g/mol. The number of rotatable bonds is 6. The minimum atomic E-state index is -1.58. The number of allylic oxidation sites excluding steroid dienone is 2. The van der Waals surface area contributed by atoms with Crippen molar-refractivity contribution in [3.8, 4) is 0 Å². The van der Waals surface area contributed by atoms with Gasteiger partial charge in [0.05, 0.1) is 11.5 Å². The Morgan fingerprint density at radius 3 is 2.33 bits per heavy atom. The Morgan fingerprint density at radius 2 is 1.79 bits per heavy atom. The molecule has 3 nitrogen and oxygen atoms in total. The Bertz CT molecular complexity index is 671. The van der Waals surface area contributed by atoms with Gasteiger partial charge < -0.3 is 9.53 Å². The minimum absolute atomic E-state index is 0.0911. The summed E-state index contributed by atoms with van der Waals surface area (Å²) in [5.41, 5.74) is -1.40. The van der Waals surface area contributed by atoms with Gasteiger partial charge in [-0.3, -0.25) is 4.79 Å². The van der Waals surface area contributed by atoms with Gasteiger partial charge in [-0.2, -0.15) is 0 Å². The van der Waals surface area contributed by atoms with E-state index in [1.165, 1.54) is 0 Å². The highest BCUT2D eigenvalue weighted by Gasteiger charge is 2.61. The Morgan fingerprint density at radius 1 is 1.21 bits per heavy atom. The number of aldehydes is 1. The zero-order chi connectivity index (χ0) is 18.1. The van der Waals surface area contributed by atoms with Crippen LogP contribution in [0.3, 0.4) is 0 Å². The standard InChI is InChI=1S/C17H16F4O3/c1-17(2)10(5-3-4-6-22)13(17)16(23)24-8-9-14(20)11(18)7-12(19)15(9)21/h3,5-7,10,13H,4,8H2,1-2H3/b5-3+. The van der Waals surface area contributed by atoms with Gasteiger partial charge in [-0.1, -0.05) is 26.0 Å². The van der Waals surface area contributed by atoms with Crippen LogP contribution in [0.4, 0.5) is 17.6 Å². The molecule has 1 fully saturated rings. The predicted octanol–water partition coefficient (Wildman–Crippen LogP) is 3.70. The molecule has 0 N–H and O–H groups in total. The third-order valence-electron chi connectivity index (χ3n) is 4.30. The summed E-state index contributed by atoms with van der Waals surface area (Å²) in [6.45, 7) is 2.71. The number of hydrogen-bond acceptors (Lipinski definition) is 3. The second-order valence-electron chi connectivity index (χ2n) is 6.21. The summed E-state index contributed by atoms with van der Waals surface area (Å²) in [5, 5.41) is 0. The van der Waals surface area contributed by atoms with Crippen molar-refractivity contribution in [1.29, 1.82) is 0 Å². The predicted molar refractivity (Wildman–Crippen MR) is 76.7 cm³/mol. The van der Waals surface area contributed by atoms with Crippen LogP contribution in [0, 0.1) is 40.5 Å². The molecule has 0 bridgehead atoms. The zero-order valence-electron chi connectivity index (χ0n) is 13.1. The summed E-state index contributed by atoms with van der Waals surface area (Å²) in [7, 11) is 0. The number of ether oxygens (including phenoxy) is 1. The quantitative estimate of drug-likeness (QED) is 0.260. The Kier molecular flexibility index (Phi) is 5.11. The third kappa shape index (κ3) is 3.34. The molecule has 1 aromatic rings. The number of esters is 1. The summed E-state index contributed by atoms with van der Waals surface area (Å²) in [4.78, 5) is 22.4. The Hall–Kier alpha value is -2.18. The molecule has 1 saturated carbocycles. The van der Waals surface area contributed by atoms with Crippen LogP contribution in [-0.2, 0) is 20.9 Å². The van der Waals surface area contributed by atoms with Gasteiger partial charge in [0.1, 0.15) is 12.9 Å². The number of benzene rings is 1. The van der Waals surface area contributed by atoms with Gasteiger partial charge >= 0.3 is 5.97 Å². The Labute approximate surface area is 136 Å². The molecule has 24 heavy (non-hydrogen) atoms. The van der Waals surface area contributed by atoms with Crippen molar-refractivity contribution in [3.05, 3.63) is 47.1 Å². The molecular formula is C17H16F4O3. The van der Waals surface area contributed by atoms with Gasteiger partial charge in [0, 0.05) is 12.5 Å². The van der Waals surface area contributed by atoms with E-state index in [-0.39, 0.29) is 18.4 Å². The summed E-state index contributed by atoms with van der Waals surface area (Å²) in [6.07, 6.45) is 4.26. The van der Waals surface area contributed by atoms with Gasteiger partial charge in [0.25, 0.3) is 0 Å².